The first-order chi connectivity index (χ1) is 10.3. The molecule has 0 saturated carbocycles. The molecule has 1 aromatic heterocycles. The molecule has 1 amide bonds. The number of amides is 1. The molecule has 0 saturated heterocycles. The summed E-state index contributed by atoms with van der Waals surface area (Å²) in [4.78, 5) is 15.7. The van der Waals surface area contributed by atoms with E-state index in [4.69, 9.17) is 10.5 Å². The van der Waals surface area contributed by atoms with E-state index in [1.165, 1.54) is 0 Å². The lowest BCUT2D eigenvalue weighted by Crippen LogP contribution is -2.13. The lowest BCUT2D eigenvalue weighted by atomic mass is 10.2. The molecule has 2 aromatic rings. The fraction of sp³-hybridized carbons (Fsp3) is 0.250. The molecule has 0 aliphatic rings. The Labute approximate surface area is 148 Å². The van der Waals surface area contributed by atoms with Gasteiger partial charge in [-0.3, -0.25) is 9.78 Å². The average molecular weight is 358 g/mol. The first kappa shape index (κ1) is 21.2. The zero-order valence-corrected chi connectivity index (χ0v) is 14.2. The van der Waals surface area contributed by atoms with Gasteiger partial charge in [-0.15, -0.1) is 24.8 Å². The molecule has 1 heterocycles. The van der Waals surface area contributed by atoms with Gasteiger partial charge in [0, 0.05) is 36.1 Å². The van der Waals surface area contributed by atoms with Gasteiger partial charge in [0.25, 0.3) is 0 Å². The fourth-order valence-corrected chi connectivity index (χ4v) is 1.80. The molecule has 5 nitrogen and oxygen atoms in total. The summed E-state index contributed by atoms with van der Waals surface area (Å²) in [5, 5.41) is 2.83. The maximum Gasteiger partial charge on any atom is 0.224 e. The van der Waals surface area contributed by atoms with Gasteiger partial charge in [-0.25, -0.2) is 0 Å². The first-order valence-corrected chi connectivity index (χ1v) is 6.89. The molecule has 126 valence electrons. The zero-order valence-electron chi connectivity index (χ0n) is 12.6. The van der Waals surface area contributed by atoms with E-state index in [2.05, 4.69) is 10.3 Å². The van der Waals surface area contributed by atoms with Crippen LogP contribution in [-0.2, 0) is 11.4 Å². The van der Waals surface area contributed by atoms with Crippen LogP contribution in [-0.4, -0.2) is 17.4 Å². The van der Waals surface area contributed by atoms with Gasteiger partial charge >= 0.3 is 0 Å². The van der Waals surface area contributed by atoms with Crippen molar-refractivity contribution in [2.24, 2.45) is 5.73 Å². The maximum absolute atomic E-state index is 11.6. The minimum atomic E-state index is -0.0372. The number of nitrogens with two attached hydrogens (primary N) is 1. The monoisotopic (exact) mass is 357 g/mol. The van der Waals surface area contributed by atoms with Gasteiger partial charge in [0.15, 0.2) is 0 Å². The molecule has 2 rings (SSSR count). The molecule has 0 unspecified atom stereocenters. The van der Waals surface area contributed by atoms with Gasteiger partial charge in [0.05, 0.1) is 0 Å². The number of hydrogen-bond acceptors (Lipinski definition) is 4. The Bertz CT molecular complexity index is 583. The molecule has 0 aliphatic heterocycles. The molecule has 0 spiro atoms. The van der Waals surface area contributed by atoms with Gasteiger partial charge in [-0.05, 0) is 31.2 Å². The van der Waals surface area contributed by atoms with E-state index >= 15 is 0 Å². The van der Waals surface area contributed by atoms with E-state index < -0.39 is 0 Å². The lowest BCUT2D eigenvalue weighted by Gasteiger charge is -2.09. The van der Waals surface area contributed by atoms with Crippen molar-refractivity contribution < 1.29 is 9.53 Å². The highest BCUT2D eigenvalue weighted by atomic mass is 35.5. The second-order valence-corrected chi connectivity index (χ2v) is 4.62. The van der Waals surface area contributed by atoms with Crippen LogP contribution in [0, 0.1) is 0 Å². The van der Waals surface area contributed by atoms with Crippen LogP contribution in [0.25, 0.3) is 0 Å². The van der Waals surface area contributed by atoms with Crippen LogP contribution in [0.3, 0.4) is 0 Å². The third-order valence-corrected chi connectivity index (χ3v) is 2.85. The Balaban J connectivity index is 0.00000242. The standard InChI is InChI=1S/C16H19N3O2.2ClH/c17-8-2-7-16(20)19-14-5-1-6-15(10-14)21-12-13-4-3-9-18-11-13;;/h1,3-6,9-11H,2,7-8,12,17H2,(H,19,20);2*1H. The van der Waals surface area contributed by atoms with Gasteiger partial charge in [-0.1, -0.05) is 12.1 Å². The molecule has 0 aliphatic carbocycles. The first-order valence-electron chi connectivity index (χ1n) is 6.89. The van der Waals surface area contributed by atoms with Crippen LogP contribution in [0.1, 0.15) is 18.4 Å². The molecule has 7 heteroatoms. The number of carbonyl (C=O) groups is 1. The molecule has 23 heavy (non-hydrogen) atoms. The van der Waals surface area contributed by atoms with E-state index in [0.717, 1.165) is 11.3 Å². The van der Waals surface area contributed by atoms with Crippen LogP contribution in [0.4, 0.5) is 5.69 Å². The van der Waals surface area contributed by atoms with Crippen molar-refractivity contribution >= 4 is 36.4 Å². The van der Waals surface area contributed by atoms with Crippen molar-refractivity contribution in [1.82, 2.24) is 4.98 Å². The Morgan fingerprint density at radius 3 is 2.74 bits per heavy atom. The SMILES string of the molecule is Cl.Cl.NCCCC(=O)Nc1cccc(OCc2cccnc2)c1. The van der Waals surface area contributed by atoms with E-state index in [9.17, 15) is 4.79 Å². The predicted molar refractivity (Wildman–Crippen MR) is 96.4 cm³/mol. The second-order valence-electron chi connectivity index (χ2n) is 4.62. The molecule has 0 bridgehead atoms. The van der Waals surface area contributed by atoms with E-state index in [1.807, 2.05) is 30.3 Å². The van der Waals surface area contributed by atoms with Crippen molar-refractivity contribution in [1.29, 1.82) is 0 Å². The predicted octanol–water partition coefficient (Wildman–Crippen LogP) is 3.18. The summed E-state index contributed by atoms with van der Waals surface area (Å²) < 4.78 is 5.68. The smallest absolute Gasteiger partial charge is 0.224 e. The van der Waals surface area contributed by atoms with Gasteiger partial charge < -0.3 is 15.8 Å². The lowest BCUT2D eigenvalue weighted by molar-refractivity contribution is -0.116. The number of nitrogens with one attached hydrogen (secondary N) is 1. The summed E-state index contributed by atoms with van der Waals surface area (Å²) in [7, 11) is 0. The number of carbonyl (C=O) groups excluding carboxylic acids is 1. The number of benzene rings is 1. The van der Waals surface area contributed by atoms with E-state index in [1.54, 1.807) is 18.5 Å². The summed E-state index contributed by atoms with van der Waals surface area (Å²) in [6.07, 6.45) is 4.60. The topological polar surface area (TPSA) is 77.2 Å². The van der Waals surface area contributed by atoms with Gasteiger partial charge in [-0.2, -0.15) is 0 Å². The minimum absolute atomic E-state index is 0. The third kappa shape index (κ3) is 7.83. The fourth-order valence-electron chi connectivity index (χ4n) is 1.80. The number of ether oxygens (including phenoxy) is 1. The van der Waals surface area contributed by atoms with Crippen molar-refractivity contribution in [3.8, 4) is 5.75 Å². The number of halogens is 2. The normalized spacial score (nSPS) is 9.26. The number of rotatable bonds is 7. The average Bonchev–Trinajstić information content (AvgIpc) is 2.52. The highest BCUT2D eigenvalue weighted by Gasteiger charge is 2.03. The van der Waals surface area contributed by atoms with Crippen molar-refractivity contribution in [2.45, 2.75) is 19.4 Å². The number of nitrogens with zero attached hydrogens (tertiary/aromatic N) is 1. The van der Waals surface area contributed by atoms with Crippen molar-refractivity contribution in [3.63, 3.8) is 0 Å². The van der Waals surface area contributed by atoms with Crippen LogP contribution < -0.4 is 15.8 Å². The number of pyridine rings is 1. The molecular weight excluding hydrogens is 337 g/mol. The Hall–Kier alpha value is -1.82. The largest absolute Gasteiger partial charge is 0.489 e. The highest BCUT2D eigenvalue weighted by molar-refractivity contribution is 5.90. The molecule has 1 aromatic carbocycles. The van der Waals surface area contributed by atoms with Crippen LogP contribution in [0.5, 0.6) is 5.75 Å². The van der Waals surface area contributed by atoms with Crippen LogP contribution in [0.2, 0.25) is 0 Å². The Morgan fingerprint density at radius 2 is 2.04 bits per heavy atom. The summed E-state index contributed by atoms with van der Waals surface area (Å²) in [6.45, 7) is 0.958. The number of anilines is 1. The highest BCUT2D eigenvalue weighted by Crippen LogP contribution is 2.18. The van der Waals surface area contributed by atoms with Crippen molar-refractivity contribution in [2.75, 3.05) is 11.9 Å². The molecule has 0 atom stereocenters. The summed E-state index contributed by atoms with van der Waals surface area (Å²) in [5.74, 6) is 0.667. The van der Waals surface area contributed by atoms with Crippen molar-refractivity contribution in [3.05, 3.63) is 54.4 Å². The molecule has 0 fully saturated rings. The Kier molecular flexibility index (Phi) is 10.8. The summed E-state index contributed by atoms with van der Waals surface area (Å²) in [6, 6.07) is 11.1. The Morgan fingerprint density at radius 1 is 1.22 bits per heavy atom. The summed E-state index contributed by atoms with van der Waals surface area (Å²) in [5.41, 5.74) is 7.10. The third-order valence-electron chi connectivity index (χ3n) is 2.85. The van der Waals surface area contributed by atoms with Gasteiger partial charge in [0.1, 0.15) is 12.4 Å². The molecular formula is C16H21Cl2N3O2. The van der Waals surface area contributed by atoms with Crippen LogP contribution >= 0.6 is 24.8 Å². The zero-order chi connectivity index (χ0) is 14.9. The maximum atomic E-state index is 11.6. The van der Waals surface area contributed by atoms with Gasteiger partial charge in [0.2, 0.25) is 5.91 Å². The van der Waals surface area contributed by atoms with E-state index in [0.29, 0.717) is 31.7 Å². The molecule has 0 radical (unpaired) electrons. The quantitative estimate of drug-likeness (QED) is 0.797. The second kappa shape index (κ2) is 11.7. The molecule has 3 N–H and O–H groups in total. The number of aromatic nitrogens is 1. The summed E-state index contributed by atoms with van der Waals surface area (Å²) >= 11 is 0. The number of hydrogen-bond donors (Lipinski definition) is 2. The minimum Gasteiger partial charge on any atom is -0.489 e. The van der Waals surface area contributed by atoms with E-state index in [-0.39, 0.29) is 30.7 Å². The van der Waals surface area contributed by atoms with Crippen LogP contribution in [0.15, 0.2) is 48.8 Å².